The molecule has 76 valence electrons. The van der Waals surface area contributed by atoms with Crippen LogP contribution in [0.5, 0.6) is 0 Å². The van der Waals surface area contributed by atoms with E-state index in [-0.39, 0.29) is 0 Å². The Morgan fingerprint density at radius 2 is 1.67 bits per heavy atom. The molecule has 0 heterocycles. The molecule has 0 bridgehead atoms. The van der Waals surface area contributed by atoms with Gasteiger partial charge < -0.3 is 5.73 Å². The number of hydrogen-bond acceptors (Lipinski definition) is 1. The zero-order valence-corrected chi connectivity index (χ0v) is 9.87. The molecule has 0 unspecified atom stereocenters. The van der Waals surface area contributed by atoms with Gasteiger partial charge in [-0.1, -0.05) is 52.3 Å². The van der Waals surface area contributed by atoms with Gasteiger partial charge in [-0.05, 0) is 23.3 Å². The summed E-state index contributed by atoms with van der Waals surface area (Å²) in [6.07, 6.45) is 0.869. The highest BCUT2D eigenvalue weighted by Gasteiger charge is 2.04. The lowest BCUT2D eigenvalue weighted by molar-refractivity contribution is 1.18. The first-order valence-corrected chi connectivity index (χ1v) is 5.63. The van der Waals surface area contributed by atoms with Crippen molar-refractivity contribution in [2.75, 3.05) is 5.73 Å². The Kier molecular flexibility index (Phi) is 3.07. The number of hydrogen-bond donors (Lipinski definition) is 1. The first-order valence-electron chi connectivity index (χ1n) is 4.84. The number of anilines is 1. The second kappa shape index (κ2) is 4.49. The van der Waals surface area contributed by atoms with Gasteiger partial charge in [-0.15, -0.1) is 0 Å². The third-order valence-electron chi connectivity index (χ3n) is 2.38. The maximum atomic E-state index is 5.94. The standard InChI is InChI=1S/C13H12BrN/c14-12-7-4-8-13(15)11(12)9-10-5-2-1-3-6-10/h1-8H,9,15H2. The van der Waals surface area contributed by atoms with E-state index < -0.39 is 0 Å². The average molecular weight is 262 g/mol. The van der Waals surface area contributed by atoms with Crippen LogP contribution in [0.15, 0.2) is 53.0 Å². The predicted octanol–water partition coefficient (Wildman–Crippen LogP) is 3.62. The topological polar surface area (TPSA) is 26.0 Å². The fourth-order valence-electron chi connectivity index (χ4n) is 1.56. The molecular weight excluding hydrogens is 250 g/mol. The summed E-state index contributed by atoms with van der Waals surface area (Å²) in [5.41, 5.74) is 9.21. The highest BCUT2D eigenvalue weighted by atomic mass is 79.9. The molecule has 0 aliphatic heterocycles. The van der Waals surface area contributed by atoms with E-state index in [1.165, 1.54) is 5.56 Å². The molecule has 0 saturated carbocycles. The van der Waals surface area contributed by atoms with Crippen molar-refractivity contribution >= 4 is 21.6 Å². The summed E-state index contributed by atoms with van der Waals surface area (Å²) in [6.45, 7) is 0. The van der Waals surface area contributed by atoms with Gasteiger partial charge in [-0.25, -0.2) is 0 Å². The smallest absolute Gasteiger partial charge is 0.0361 e. The van der Waals surface area contributed by atoms with E-state index in [1.54, 1.807) is 0 Å². The largest absolute Gasteiger partial charge is 0.398 e. The first kappa shape index (κ1) is 10.2. The fourth-order valence-corrected chi connectivity index (χ4v) is 2.08. The van der Waals surface area contributed by atoms with Gasteiger partial charge in [0.1, 0.15) is 0 Å². The number of benzene rings is 2. The Hall–Kier alpha value is -1.28. The maximum absolute atomic E-state index is 5.94. The van der Waals surface area contributed by atoms with Crippen molar-refractivity contribution in [3.05, 3.63) is 64.1 Å². The van der Waals surface area contributed by atoms with Crippen molar-refractivity contribution in [1.29, 1.82) is 0 Å². The Balaban J connectivity index is 2.32. The van der Waals surface area contributed by atoms with Crippen LogP contribution in [-0.2, 0) is 6.42 Å². The molecule has 0 spiro atoms. The second-order valence-corrected chi connectivity index (χ2v) is 4.32. The SMILES string of the molecule is Nc1cccc(Br)c1Cc1ccccc1. The Morgan fingerprint density at radius 1 is 0.933 bits per heavy atom. The van der Waals surface area contributed by atoms with Crippen molar-refractivity contribution in [2.45, 2.75) is 6.42 Å². The summed E-state index contributed by atoms with van der Waals surface area (Å²) in [5.74, 6) is 0. The van der Waals surface area contributed by atoms with Crippen LogP contribution in [-0.4, -0.2) is 0 Å². The van der Waals surface area contributed by atoms with Gasteiger partial charge in [0.15, 0.2) is 0 Å². The minimum Gasteiger partial charge on any atom is -0.398 e. The van der Waals surface area contributed by atoms with Crippen molar-refractivity contribution in [2.24, 2.45) is 0 Å². The van der Waals surface area contributed by atoms with Gasteiger partial charge in [0.2, 0.25) is 0 Å². The van der Waals surface area contributed by atoms with Gasteiger partial charge in [-0.2, -0.15) is 0 Å². The molecule has 2 rings (SSSR count). The monoisotopic (exact) mass is 261 g/mol. The van der Waals surface area contributed by atoms with Crippen molar-refractivity contribution in [3.8, 4) is 0 Å². The number of halogens is 1. The predicted molar refractivity (Wildman–Crippen MR) is 67.8 cm³/mol. The summed E-state index contributed by atoms with van der Waals surface area (Å²) >= 11 is 3.52. The van der Waals surface area contributed by atoms with Crippen LogP contribution < -0.4 is 5.73 Å². The Labute approximate surface area is 98.1 Å². The normalized spacial score (nSPS) is 10.2. The molecule has 2 heteroatoms. The average Bonchev–Trinajstić information content (AvgIpc) is 2.25. The van der Waals surface area contributed by atoms with Crippen LogP contribution in [0.2, 0.25) is 0 Å². The first-order chi connectivity index (χ1) is 7.27. The van der Waals surface area contributed by atoms with Crippen LogP contribution in [0.25, 0.3) is 0 Å². The molecule has 2 aromatic rings. The molecule has 0 aliphatic carbocycles. The van der Waals surface area contributed by atoms with Gasteiger partial charge in [0, 0.05) is 16.6 Å². The lowest BCUT2D eigenvalue weighted by atomic mass is 10.0. The minimum atomic E-state index is 0.841. The van der Waals surface area contributed by atoms with E-state index >= 15 is 0 Å². The quantitative estimate of drug-likeness (QED) is 0.822. The Bertz CT molecular complexity index is 431. The number of nitrogen functional groups attached to an aromatic ring is 1. The molecule has 2 aromatic carbocycles. The fraction of sp³-hybridized carbons (Fsp3) is 0.0769. The molecule has 0 amide bonds. The van der Waals surface area contributed by atoms with Gasteiger partial charge in [0.25, 0.3) is 0 Å². The summed E-state index contributed by atoms with van der Waals surface area (Å²) in [7, 11) is 0. The highest BCUT2D eigenvalue weighted by Crippen LogP contribution is 2.25. The molecule has 2 N–H and O–H groups in total. The lowest BCUT2D eigenvalue weighted by Crippen LogP contribution is -1.96. The molecule has 1 nitrogen and oxygen atoms in total. The second-order valence-electron chi connectivity index (χ2n) is 3.47. The van der Waals surface area contributed by atoms with E-state index in [0.29, 0.717) is 0 Å². The third-order valence-corrected chi connectivity index (χ3v) is 3.12. The van der Waals surface area contributed by atoms with Gasteiger partial charge in [-0.3, -0.25) is 0 Å². The van der Waals surface area contributed by atoms with E-state index in [4.69, 9.17) is 5.73 Å². The van der Waals surface area contributed by atoms with E-state index in [2.05, 4.69) is 28.1 Å². The molecule has 0 aliphatic rings. The van der Waals surface area contributed by atoms with Crippen LogP contribution in [0.3, 0.4) is 0 Å². The van der Waals surface area contributed by atoms with Crippen LogP contribution in [0.1, 0.15) is 11.1 Å². The van der Waals surface area contributed by atoms with Gasteiger partial charge in [0.05, 0.1) is 0 Å². The lowest BCUT2D eigenvalue weighted by Gasteiger charge is -2.07. The van der Waals surface area contributed by atoms with E-state index in [9.17, 15) is 0 Å². The third kappa shape index (κ3) is 2.39. The molecule has 15 heavy (non-hydrogen) atoms. The minimum absolute atomic E-state index is 0.841. The van der Waals surface area contributed by atoms with Crippen molar-refractivity contribution in [3.63, 3.8) is 0 Å². The summed E-state index contributed by atoms with van der Waals surface area (Å²) in [6, 6.07) is 16.2. The number of rotatable bonds is 2. The Morgan fingerprint density at radius 3 is 2.33 bits per heavy atom. The van der Waals surface area contributed by atoms with Crippen molar-refractivity contribution in [1.82, 2.24) is 0 Å². The zero-order valence-electron chi connectivity index (χ0n) is 8.28. The van der Waals surface area contributed by atoms with Gasteiger partial charge >= 0.3 is 0 Å². The number of nitrogens with two attached hydrogens (primary N) is 1. The summed E-state index contributed by atoms with van der Waals surface area (Å²) in [5, 5.41) is 0. The van der Waals surface area contributed by atoms with Crippen LogP contribution >= 0.6 is 15.9 Å². The maximum Gasteiger partial charge on any atom is 0.0361 e. The highest BCUT2D eigenvalue weighted by molar-refractivity contribution is 9.10. The molecule has 0 radical (unpaired) electrons. The molecule has 0 aromatic heterocycles. The molecule has 0 atom stereocenters. The summed E-state index contributed by atoms with van der Waals surface area (Å²) in [4.78, 5) is 0. The van der Waals surface area contributed by atoms with Crippen LogP contribution in [0, 0.1) is 0 Å². The molecular formula is C13H12BrN. The zero-order chi connectivity index (χ0) is 10.7. The van der Waals surface area contributed by atoms with Crippen LogP contribution in [0.4, 0.5) is 5.69 Å². The van der Waals surface area contributed by atoms with E-state index in [1.807, 2.05) is 36.4 Å². The van der Waals surface area contributed by atoms with E-state index in [0.717, 1.165) is 22.1 Å². The molecule has 0 saturated heterocycles. The summed E-state index contributed by atoms with van der Waals surface area (Å²) < 4.78 is 1.08. The van der Waals surface area contributed by atoms with Crippen molar-refractivity contribution < 1.29 is 0 Å². The molecule has 0 fully saturated rings.